The van der Waals surface area contributed by atoms with Gasteiger partial charge in [-0.1, -0.05) is 6.07 Å². The number of pyridine rings is 1. The lowest BCUT2D eigenvalue weighted by Crippen LogP contribution is -2.04. The van der Waals surface area contributed by atoms with Crippen LogP contribution in [0.15, 0.2) is 30.6 Å². The molecule has 0 aliphatic carbocycles. The molecular formula is C10H9N7. The van der Waals surface area contributed by atoms with E-state index in [1.165, 1.54) is 0 Å². The minimum absolute atomic E-state index is 0.0876. The fourth-order valence-electron chi connectivity index (χ4n) is 1.57. The molecule has 3 rings (SSSR count). The van der Waals surface area contributed by atoms with Crippen LogP contribution >= 0.6 is 0 Å². The molecule has 4 N–H and O–H groups in total. The summed E-state index contributed by atoms with van der Waals surface area (Å²) in [7, 11) is 0. The molecule has 0 amide bonds. The third-order valence-corrected chi connectivity index (χ3v) is 2.26. The number of nitrogens with two attached hydrogens (primary N) is 2. The molecule has 0 aromatic carbocycles. The maximum Gasteiger partial charge on any atom is 0.225 e. The summed E-state index contributed by atoms with van der Waals surface area (Å²) in [5.41, 5.74) is 12.4. The first kappa shape index (κ1) is 9.52. The van der Waals surface area contributed by atoms with Crippen LogP contribution in [-0.4, -0.2) is 24.3 Å². The first-order chi connectivity index (χ1) is 8.22. The Morgan fingerprint density at radius 1 is 0.941 bits per heavy atom. The summed E-state index contributed by atoms with van der Waals surface area (Å²) < 4.78 is 1.87. The predicted molar refractivity (Wildman–Crippen MR) is 62.8 cm³/mol. The highest BCUT2D eigenvalue weighted by Gasteiger charge is 2.09. The molecule has 84 valence electrons. The lowest BCUT2D eigenvalue weighted by atomic mass is 10.4. The summed E-state index contributed by atoms with van der Waals surface area (Å²) in [5, 5.41) is 0. The molecule has 3 aromatic heterocycles. The maximum absolute atomic E-state index is 5.51. The molecule has 0 fully saturated rings. The first-order valence-corrected chi connectivity index (χ1v) is 4.93. The largest absolute Gasteiger partial charge is 0.368 e. The van der Waals surface area contributed by atoms with Crippen molar-refractivity contribution in [3.05, 3.63) is 30.6 Å². The van der Waals surface area contributed by atoms with Crippen LogP contribution in [-0.2, 0) is 0 Å². The smallest absolute Gasteiger partial charge is 0.225 e. The first-order valence-electron chi connectivity index (χ1n) is 4.93. The monoisotopic (exact) mass is 227 g/mol. The number of hydrogen-bond donors (Lipinski definition) is 2. The van der Waals surface area contributed by atoms with Gasteiger partial charge >= 0.3 is 0 Å². The van der Waals surface area contributed by atoms with Gasteiger partial charge in [-0.3, -0.25) is 0 Å². The Balaban J connectivity index is 2.20. The second kappa shape index (κ2) is 3.41. The van der Waals surface area contributed by atoms with Crippen molar-refractivity contribution in [3.63, 3.8) is 0 Å². The summed E-state index contributed by atoms with van der Waals surface area (Å²) in [6.45, 7) is 0. The van der Waals surface area contributed by atoms with E-state index in [1.807, 2.05) is 35.0 Å². The molecule has 17 heavy (non-hydrogen) atoms. The summed E-state index contributed by atoms with van der Waals surface area (Å²) in [6.07, 6.45) is 3.70. The molecule has 0 aliphatic heterocycles. The summed E-state index contributed by atoms with van der Waals surface area (Å²) in [4.78, 5) is 16.1. The van der Waals surface area contributed by atoms with E-state index in [4.69, 9.17) is 11.5 Å². The lowest BCUT2D eigenvalue weighted by Gasteiger charge is -1.97. The third kappa shape index (κ3) is 1.63. The number of fused-ring (bicyclic) bond motifs is 1. The number of nitrogens with zero attached hydrogens (tertiary/aromatic N) is 5. The molecule has 0 saturated heterocycles. The van der Waals surface area contributed by atoms with Gasteiger partial charge in [-0.05, 0) is 12.1 Å². The molecule has 0 bridgehead atoms. The van der Waals surface area contributed by atoms with Crippen LogP contribution in [0.3, 0.4) is 0 Å². The van der Waals surface area contributed by atoms with Crippen molar-refractivity contribution in [2.45, 2.75) is 0 Å². The maximum atomic E-state index is 5.51. The molecule has 3 heterocycles. The zero-order valence-electron chi connectivity index (χ0n) is 8.78. The van der Waals surface area contributed by atoms with Crippen molar-refractivity contribution >= 4 is 17.5 Å². The number of rotatable bonds is 1. The normalized spacial score (nSPS) is 10.8. The van der Waals surface area contributed by atoms with E-state index in [2.05, 4.69) is 19.9 Å². The van der Waals surface area contributed by atoms with E-state index in [-0.39, 0.29) is 11.9 Å². The van der Waals surface area contributed by atoms with Crippen LogP contribution in [0.5, 0.6) is 0 Å². The van der Waals surface area contributed by atoms with Gasteiger partial charge in [0, 0.05) is 12.4 Å². The topological polar surface area (TPSA) is 108 Å². The summed E-state index contributed by atoms with van der Waals surface area (Å²) in [6, 6.07) is 5.70. The quantitative estimate of drug-likeness (QED) is 0.621. The summed E-state index contributed by atoms with van der Waals surface area (Å²) >= 11 is 0. The van der Waals surface area contributed by atoms with Crippen LogP contribution in [0, 0.1) is 0 Å². The predicted octanol–water partition coefficient (Wildman–Crippen LogP) is 0.351. The summed E-state index contributed by atoms with van der Waals surface area (Å²) in [5.74, 6) is 0.549. The molecule has 0 aliphatic rings. The number of imidazole rings is 1. The zero-order chi connectivity index (χ0) is 11.8. The third-order valence-electron chi connectivity index (χ3n) is 2.26. The lowest BCUT2D eigenvalue weighted by molar-refractivity contribution is 1.08. The van der Waals surface area contributed by atoms with Gasteiger partial charge in [-0.15, -0.1) is 0 Å². The van der Waals surface area contributed by atoms with E-state index in [0.29, 0.717) is 11.5 Å². The zero-order valence-corrected chi connectivity index (χ0v) is 8.78. The number of aromatic nitrogens is 5. The van der Waals surface area contributed by atoms with E-state index < -0.39 is 0 Å². The van der Waals surface area contributed by atoms with E-state index in [9.17, 15) is 0 Å². The second-order valence-electron chi connectivity index (χ2n) is 3.47. The Morgan fingerprint density at radius 3 is 2.41 bits per heavy atom. The van der Waals surface area contributed by atoms with Crippen molar-refractivity contribution in [1.29, 1.82) is 0 Å². The molecular weight excluding hydrogens is 218 g/mol. The molecule has 3 aromatic rings. The van der Waals surface area contributed by atoms with Gasteiger partial charge in [-0.25, -0.2) is 4.98 Å². The minimum atomic E-state index is 0.0876. The number of anilines is 2. The highest BCUT2D eigenvalue weighted by atomic mass is 15.2. The van der Waals surface area contributed by atoms with Gasteiger partial charge in [-0.2, -0.15) is 15.0 Å². The standard InChI is InChI=1S/C10H9N7/c11-9-14-8(15-10(12)16-9)6-5-17-4-2-1-3-7(17)13-6/h1-5H,(H4,11,12,14,15,16). The second-order valence-corrected chi connectivity index (χ2v) is 3.47. The van der Waals surface area contributed by atoms with Gasteiger partial charge in [0.1, 0.15) is 11.3 Å². The van der Waals surface area contributed by atoms with Crippen molar-refractivity contribution in [2.24, 2.45) is 0 Å². The van der Waals surface area contributed by atoms with Crippen molar-refractivity contribution < 1.29 is 0 Å². The minimum Gasteiger partial charge on any atom is -0.368 e. The fourth-order valence-corrected chi connectivity index (χ4v) is 1.57. The van der Waals surface area contributed by atoms with Gasteiger partial charge in [0.15, 0.2) is 5.82 Å². The van der Waals surface area contributed by atoms with Crippen molar-refractivity contribution in [2.75, 3.05) is 11.5 Å². The molecule has 0 radical (unpaired) electrons. The van der Waals surface area contributed by atoms with Gasteiger partial charge < -0.3 is 15.9 Å². The molecule has 0 atom stereocenters. The van der Waals surface area contributed by atoms with Crippen LogP contribution < -0.4 is 11.5 Å². The Kier molecular flexibility index (Phi) is 1.91. The van der Waals surface area contributed by atoms with Crippen LogP contribution in [0.1, 0.15) is 0 Å². The van der Waals surface area contributed by atoms with E-state index >= 15 is 0 Å². The van der Waals surface area contributed by atoms with Gasteiger partial charge in [0.2, 0.25) is 11.9 Å². The highest BCUT2D eigenvalue weighted by molar-refractivity contribution is 5.57. The van der Waals surface area contributed by atoms with E-state index in [0.717, 1.165) is 5.65 Å². The van der Waals surface area contributed by atoms with Crippen molar-refractivity contribution in [1.82, 2.24) is 24.3 Å². The van der Waals surface area contributed by atoms with Crippen LogP contribution in [0.2, 0.25) is 0 Å². The van der Waals surface area contributed by atoms with Gasteiger partial charge in [0.05, 0.1) is 0 Å². The molecule has 7 nitrogen and oxygen atoms in total. The van der Waals surface area contributed by atoms with Crippen LogP contribution in [0.4, 0.5) is 11.9 Å². The van der Waals surface area contributed by atoms with Crippen LogP contribution in [0.25, 0.3) is 17.2 Å². The molecule has 0 saturated carbocycles. The highest BCUT2D eigenvalue weighted by Crippen LogP contribution is 2.15. The average Bonchev–Trinajstić information content (AvgIpc) is 2.71. The number of hydrogen-bond acceptors (Lipinski definition) is 6. The number of nitrogen functional groups attached to an aromatic ring is 2. The SMILES string of the molecule is Nc1nc(N)nc(-c2cn3ccccc3n2)n1. The van der Waals surface area contributed by atoms with E-state index in [1.54, 1.807) is 0 Å². The Morgan fingerprint density at radius 2 is 1.71 bits per heavy atom. The van der Waals surface area contributed by atoms with Gasteiger partial charge in [0.25, 0.3) is 0 Å². The van der Waals surface area contributed by atoms with Crippen molar-refractivity contribution in [3.8, 4) is 11.5 Å². The average molecular weight is 227 g/mol. The molecule has 0 unspecified atom stereocenters. The molecule has 7 heteroatoms. The Hall–Kier alpha value is -2.70. The Labute approximate surface area is 96.2 Å². The fraction of sp³-hybridized carbons (Fsp3) is 0. The molecule has 0 spiro atoms. The Bertz CT molecular complexity index is 635.